The molecule has 0 saturated heterocycles. The zero-order valence-electron chi connectivity index (χ0n) is 16.9. The van der Waals surface area contributed by atoms with Crippen molar-refractivity contribution in [3.8, 4) is 11.5 Å². The third-order valence-electron chi connectivity index (χ3n) is 4.56. The van der Waals surface area contributed by atoms with Gasteiger partial charge in [0.05, 0.1) is 11.6 Å². The molecule has 3 aromatic carbocycles. The van der Waals surface area contributed by atoms with Gasteiger partial charge < -0.3 is 14.8 Å². The molecule has 0 bridgehead atoms. The van der Waals surface area contributed by atoms with Crippen LogP contribution in [0.3, 0.4) is 0 Å². The first-order valence-electron chi connectivity index (χ1n) is 9.60. The molecule has 0 unspecified atom stereocenters. The Balaban J connectivity index is 1.77. The summed E-state index contributed by atoms with van der Waals surface area (Å²) >= 11 is 12.8. The molecule has 0 amide bonds. The quantitative estimate of drug-likeness (QED) is 0.410. The second kappa shape index (κ2) is 9.91. The van der Waals surface area contributed by atoms with Crippen LogP contribution in [0.4, 0.5) is 5.69 Å². The van der Waals surface area contributed by atoms with Crippen molar-refractivity contribution in [3.63, 3.8) is 0 Å². The molecule has 0 heterocycles. The molecule has 3 rings (SSSR count). The van der Waals surface area contributed by atoms with Gasteiger partial charge in [0.25, 0.3) is 0 Å². The number of ether oxygens (including phenoxy) is 2. The molecule has 3 nitrogen and oxygen atoms in total. The molecule has 0 aromatic heterocycles. The lowest BCUT2D eigenvalue weighted by molar-refractivity contribution is 0.269. The Morgan fingerprint density at radius 1 is 0.897 bits per heavy atom. The lowest BCUT2D eigenvalue weighted by atomic mass is 10.1. The number of hydrogen-bond acceptors (Lipinski definition) is 3. The Morgan fingerprint density at radius 2 is 1.69 bits per heavy atom. The summed E-state index contributed by atoms with van der Waals surface area (Å²) in [5.41, 5.74) is 5.47. The van der Waals surface area contributed by atoms with Crippen molar-refractivity contribution in [1.82, 2.24) is 0 Å². The molecule has 0 aliphatic heterocycles. The van der Waals surface area contributed by atoms with Crippen molar-refractivity contribution in [2.24, 2.45) is 0 Å². The Kier molecular flexibility index (Phi) is 7.29. The Morgan fingerprint density at radius 3 is 2.41 bits per heavy atom. The second-order valence-electron chi connectivity index (χ2n) is 6.89. The van der Waals surface area contributed by atoms with Gasteiger partial charge in [-0.1, -0.05) is 59.1 Å². The van der Waals surface area contributed by atoms with Gasteiger partial charge in [0.2, 0.25) is 0 Å². The zero-order valence-corrected chi connectivity index (χ0v) is 18.4. The number of nitrogens with one attached hydrogen (secondary N) is 1. The van der Waals surface area contributed by atoms with Gasteiger partial charge in [0.15, 0.2) is 11.5 Å². The first kappa shape index (κ1) is 21.4. The highest BCUT2D eigenvalue weighted by atomic mass is 35.5. The predicted octanol–water partition coefficient (Wildman–Crippen LogP) is 7.20. The smallest absolute Gasteiger partial charge is 0.180 e. The van der Waals surface area contributed by atoms with Crippen LogP contribution in [-0.2, 0) is 13.2 Å². The molecule has 0 radical (unpaired) electrons. The number of hydrogen-bond donors (Lipinski definition) is 1. The van der Waals surface area contributed by atoms with Crippen molar-refractivity contribution >= 4 is 28.9 Å². The van der Waals surface area contributed by atoms with E-state index < -0.39 is 0 Å². The average molecular weight is 430 g/mol. The third kappa shape index (κ3) is 5.59. The van der Waals surface area contributed by atoms with E-state index in [9.17, 15) is 0 Å². The van der Waals surface area contributed by atoms with Gasteiger partial charge in [-0.25, -0.2) is 0 Å². The normalized spacial score (nSPS) is 10.7. The Bertz CT molecular complexity index is 989. The summed E-state index contributed by atoms with van der Waals surface area (Å²) in [5.74, 6) is 1.16. The fourth-order valence-corrected chi connectivity index (χ4v) is 3.58. The van der Waals surface area contributed by atoms with Crippen LogP contribution in [0.25, 0.3) is 0 Å². The van der Waals surface area contributed by atoms with Gasteiger partial charge >= 0.3 is 0 Å². The fraction of sp³-hybridized carbons (Fsp3) is 0.250. The van der Waals surface area contributed by atoms with Crippen molar-refractivity contribution in [2.45, 2.75) is 33.9 Å². The predicted molar refractivity (Wildman–Crippen MR) is 122 cm³/mol. The summed E-state index contributed by atoms with van der Waals surface area (Å²) < 4.78 is 11.8. The summed E-state index contributed by atoms with van der Waals surface area (Å²) in [7, 11) is 0. The molecule has 1 N–H and O–H groups in total. The highest BCUT2D eigenvalue weighted by Gasteiger charge is 2.14. The first-order chi connectivity index (χ1) is 14.0. The number of aryl methyl sites for hydroxylation is 2. The molecular formula is C24H25Cl2NO2. The van der Waals surface area contributed by atoms with Gasteiger partial charge in [0, 0.05) is 22.8 Å². The monoisotopic (exact) mass is 429 g/mol. The van der Waals surface area contributed by atoms with E-state index in [0.717, 1.165) is 16.8 Å². The van der Waals surface area contributed by atoms with E-state index in [1.165, 1.54) is 11.1 Å². The summed E-state index contributed by atoms with van der Waals surface area (Å²) in [5, 5.41) is 4.64. The molecule has 0 spiro atoms. The van der Waals surface area contributed by atoms with Crippen LogP contribution in [0, 0.1) is 13.8 Å². The van der Waals surface area contributed by atoms with E-state index in [4.69, 9.17) is 32.7 Å². The first-order valence-corrected chi connectivity index (χ1v) is 10.4. The van der Waals surface area contributed by atoms with Crippen LogP contribution in [-0.4, -0.2) is 6.61 Å². The van der Waals surface area contributed by atoms with Crippen LogP contribution in [0.5, 0.6) is 11.5 Å². The molecule has 152 valence electrons. The van der Waals surface area contributed by atoms with Crippen molar-refractivity contribution in [2.75, 3.05) is 11.9 Å². The SMILES string of the molecule is CCOc1cc(CNc2ccc(C)cc2C)cc(Cl)c1OCc1ccccc1Cl. The lowest BCUT2D eigenvalue weighted by Crippen LogP contribution is -2.05. The summed E-state index contributed by atoms with van der Waals surface area (Å²) in [6.07, 6.45) is 0. The van der Waals surface area contributed by atoms with Crippen molar-refractivity contribution < 1.29 is 9.47 Å². The third-order valence-corrected chi connectivity index (χ3v) is 5.21. The maximum atomic E-state index is 6.54. The summed E-state index contributed by atoms with van der Waals surface area (Å²) in [6, 6.07) is 17.8. The number of rotatable bonds is 8. The minimum absolute atomic E-state index is 0.319. The standard InChI is InChI=1S/C24H25Cl2NO2/c1-4-28-23-13-18(14-27-22-10-9-16(2)11-17(22)3)12-21(26)24(23)29-15-19-7-5-6-8-20(19)25/h5-13,27H,4,14-15H2,1-3H3. The van der Waals surface area contributed by atoms with Crippen LogP contribution in [0.1, 0.15) is 29.2 Å². The van der Waals surface area contributed by atoms with Gasteiger partial charge in [-0.05, 0) is 56.2 Å². The van der Waals surface area contributed by atoms with E-state index in [2.05, 4.69) is 37.4 Å². The molecule has 5 heteroatoms. The van der Waals surface area contributed by atoms with Crippen LogP contribution in [0.2, 0.25) is 10.0 Å². The van der Waals surface area contributed by atoms with Crippen molar-refractivity contribution in [3.05, 3.63) is 86.9 Å². The lowest BCUT2D eigenvalue weighted by Gasteiger charge is -2.17. The van der Waals surface area contributed by atoms with Gasteiger partial charge in [-0.3, -0.25) is 0 Å². The van der Waals surface area contributed by atoms with Crippen LogP contribution < -0.4 is 14.8 Å². The summed E-state index contributed by atoms with van der Waals surface area (Å²) in [6.45, 7) is 7.60. The molecule has 0 aliphatic rings. The maximum absolute atomic E-state index is 6.54. The topological polar surface area (TPSA) is 30.5 Å². The molecule has 0 aliphatic carbocycles. The molecule has 0 saturated carbocycles. The zero-order chi connectivity index (χ0) is 20.8. The largest absolute Gasteiger partial charge is 0.490 e. The van der Waals surface area contributed by atoms with Crippen molar-refractivity contribution in [1.29, 1.82) is 0 Å². The maximum Gasteiger partial charge on any atom is 0.180 e. The molecule has 0 fully saturated rings. The van der Waals surface area contributed by atoms with E-state index in [0.29, 0.717) is 41.3 Å². The Hall–Kier alpha value is -2.36. The fourth-order valence-electron chi connectivity index (χ4n) is 3.10. The molecule has 3 aromatic rings. The highest BCUT2D eigenvalue weighted by molar-refractivity contribution is 6.32. The minimum Gasteiger partial charge on any atom is -0.490 e. The van der Waals surface area contributed by atoms with Crippen LogP contribution in [0.15, 0.2) is 54.6 Å². The highest BCUT2D eigenvalue weighted by Crippen LogP contribution is 2.38. The molecular weight excluding hydrogens is 405 g/mol. The number of benzene rings is 3. The van der Waals surface area contributed by atoms with Gasteiger partial charge in [-0.2, -0.15) is 0 Å². The van der Waals surface area contributed by atoms with Gasteiger partial charge in [0.1, 0.15) is 6.61 Å². The van der Waals surface area contributed by atoms with E-state index in [1.807, 2.05) is 43.3 Å². The molecule has 0 atom stereocenters. The number of halogens is 2. The van der Waals surface area contributed by atoms with Gasteiger partial charge in [-0.15, -0.1) is 0 Å². The number of anilines is 1. The minimum atomic E-state index is 0.319. The summed E-state index contributed by atoms with van der Waals surface area (Å²) in [4.78, 5) is 0. The average Bonchev–Trinajstić information content (AvgIpc) is 2.68. The molecule has 29 heavy (non-hydrogen) atoms. The second-order valence-corrected chi connectivity index (χ2v) is 7.70. The van der Waals surface area contributed by atoms with E-state index >= 15 is 0 Å². The van der Waals surface area contributed by atoms with E-state index in [1.54, 1.807) is 0 Å². The Labute approximate surface area is 182 Å². The van der Waals surface area contributed by atoms with Crippen LogP contribution >= 0.6 is 23.2 Å². The van der Waals surface area contributed by atoms with E-state index in [-0.39, 0.29) is 0 Å².